The molecule has 2 aliphatic rings. The first-order chi connectivity index (χ1) is 12.2. The largest absolute Gasteiger partial charge is 0.455 e. The van der Waals surface area contributed by atoms with Gasteiger partial charge in [0.15, 0.2) is 0 Å². The maximum Gasteiger partial charge on any atom is 0.145 e. The molecular formula is C23H22NO+. The molecule has 124 valence electrons. The fourth-order valence-corrected chi connectivity index (χ4v) is 4.19. The van der Waals surface area contributed by atoms with Gasteiger partial charge in [-0.3, -0.25) is 4.90 Å². The van der Waals surface area contributed by atoms with Crippen molar-refractivity contribution in [2.45, 2.75) is 26.3 Å². The minimum Gasteiger partial charge on any atom is -0.455 e. The van der Waals surface area contributed by atoms with E-state index in [1.54, 1.807) is 0 Å². The minimum absolute atomic E-state index is 0.294. The molecule has 2 unspecified atom stereocenters. The second-order valence-corrected chi connectivity index (χ2v) is 7.49. The number of para-hydroxylation sites is 1. The number of hydrogen-bond donors (Lipinski definition) is 1. The fourth-order valence-electron chi connectivity index (χ4n) is 4.19. The van der Waals surface area contributed by atoms with Crippen LogP contribution in [-0.2, 0) is 6.42 Å². The standard InChI is InChI=1S/C23H21NO/c1-15(2)14-17-6-5-7-18-19-10-9-16-11-13-24-12-4-3-8-20(24)21(16)23(19)25-22(17)18/h3-13,15,20H,14H2,1-2H3/p+1. The summed E-state index contributed by atoms with van der Waals surface area (Å²) in [6.07, 6.45) is 14.2. The van der Waals surface area contributed by atoms with Crippen LogP contribution in [0.15, 0.2) is 65.4 Å². The Kier molecular flexibility index (Phi) is 3.22. The summed E-state index contributed by atoms with van der Waals surface area (Å²) < 4.78 is 6.53. The van der Waals surface area contributed by atoms with Crippen molar-refractivity contribution in [3.8, 4) is 0 Å². The van der Waals surface area contributed by atoms with Crippen molar-refractivity contribution in [1.29, 1.82) is 0 Å². The second kappa shape index (κ2) is 5.47. The van der Waals surface area contributed by atoms with Crippen LogP contribution in [0.1, 0.15) is 36.6 Å². The molecule has 2 atom stereocenters. The molecular weight excluding hydrogens is 306 g/mol. The Morgan fingerprint density at radius 1 is 1.00 bits per heavy atom. The Bertz CT molecular complexity index is 1060. The number of quaternary nitrogens is 1. The monoisotopic (exact) mass is 328 g/mol. The van der Waals surface area contributed by atoms with Crippen LogP contribution < -0.4 is 4.90 Å². The van der Waals surface area contributed by atoms with Gasteiger partial charge in [-0.15, -0.1) is 0 Å². The molecule has 0 aliphatic carbocycles. The van der Waals surface area contributed by atoms with Crippen molar-refractivity contribution < 1.29 is 9.32 Å². The van der Waals surface area contributed by atoms with E-state index in [0.29, 0.717) is 12.0 Å². The molecule has 2 heteroatoms. The van der Waals surface area contributed by atoms with E-state index in [-0.39, 0.29) is 0 Å². The van der Waals surface area contributed by atoms with Crippen LogP contribution >= 0.6 is 0 Å². The first-order valence-electron chi connectivity index (χ1n) is 9.09. The van der Waals surface area contributed by atoms with E-state index in [9.17, 15) is 0 Å². The quantitative estimate of drug-likeness (QED) is 0.717. The SMILES string of the molecule is CC(C)Cc1cccc2c1oc1c3c(ccc12)C=C[NH+]1C=CC=CC31. The number of hydrogen-bond acceptors (Lipinski definition) is 1. The fraction of sp³-hybridized carbons (Fsp3) is 0.217. The number of nitrogens with one attached hydrogen (secondary N) is 1. The third-order valence-electron chi connectivity index (χ3n) is 5.28. The van der Waals surface area contributed by atoms with Gasteiger partial charge in [0.2, 0.25) is 0 Å². The summed E-state index contributed by atoms with van der Waals surface area (Å²) in [7, 11) is 0. The molecule has 2 aromatic carbocycles. The summed E-state index contributed by atoms with van der Waals surface area (Å²) in [5.41, 5.74) is 6.00. The van der Waals surface area contributed by atoms with E-state index in [0.717, 1.165) is 17.6 Å². The first kappa shape index (κ1) is 14.7. The van der Waals surface area contributed by atoms with E-state index < -0.39 is 0 Å². The highest BCUT2D eigenvalue weighted by atomic mass is 16.3. The predicted molar refractivity (Wildman–Crippen MR) is 103 cm³/mol. The average molecular weight is 328 g/mol. The average Bonchev–Trinajstić information content (AvgIpc) is 3.01. The van der Waals surface area contributed by atoms with Crippen molar-refractivity contribution in [3.05, 3.63) is 77.7 Å². The summed E-state index contributed by atoms with van der Waals surface area (Å²) in [6, 6.07) is 11.3. The molecule has 0 saturated carbocycles. The van der Waals surface area contributed by atoms with Crippen molar-refractivity contribution in [2.75, 3.05) is 0 Å². The second-order valence-electron chi connectivity index (χ2n) is 7.49. The topological polar surface area (TPSA) is 17.6 Å². The van der Waals surface area contributed by atoms with Crippen molar-refractivity contribution in [1.82, 2.24) is 0 Å². The Morgan fingerprint density at radius 3 is 2.76 bits per heavy atom. The maximum absolute atomic E-state index is 6.53. The number of benzene rings is 2. The van der Waals surface area contributed by atoms with Gasteiger partial charge in [0.25, 0.3) is 0 Å². The molecule has 0 bridgehead atoms. The Labute approximate surface area is 147 Å². The van der Waals surface area contributed by atoms with E-state index in [4.69, 9.17) is 4.42 Å². The maximum atomic E-state index is 6.53. The van der Waals surface area contributed by atoms with Gasteiger partial charge in [-0.25, -0.2) is 0 Å². The highest BCUT2D eigenvalue weighted by Crippen LogP contribution is 2.38. The van der Waals surface area contributed by atoms with Gasteiger partial charge in [-0.05, 0) is 47.8 Å². The molecule has 3 aromatic rings. The molecule has 0 spiro atoms. The Hall–Kier alpha value is -2.58. The smallest absolute Gasteiger partial charge is 0.145 e. The highest BCUT2D eigenvalue weighted by molar-refractivity contribution is 6.07. The molecule has 0 saturated heterocycles. The third-order valence-corrected chi connectivity index (χ3v) is 5.28. The number of allylic oxidation sites excluding steroid dienone is 2. The molecule has 0 fully saturated rings. The van der Waals surface area contributed by atoms with Gasteiger partial charge >= 0.3 is 0 Å². The Balaban J connectivity index is 1.81. The van der Waals surface area contributed by atoms with E-state index in [1.807, 2.05) is 0 Å². The molecule has 5 rings (SSSR count). The molecule has 0 radical (unpaired) electrons. The molecule has 0 amide bonds. The van der Waals surface area contributed by atoms with Gasteiger partial charge in [-0.2, -0.15) is 0 Å². The lowest BCUT2D eigenvalue weighted by Crippen LogP contribution is -3.03. The Morgan fingerprint density at radius 2 is 1.88 bits per heavy atom. The lowest BCUT2D eigenvalue weighted by atomic mass is 9.92. The lowest BCUT2D eigenvalue weighted by molar-refractivity contribution is -0.819. The zero-order valence-corrected chi connectivity index (χ0v) is 14.6. The highest BCUT2D eigenvalue weighted by Gasteiger charge is 2.30. The van der Waals surface area contributed by atoms with Crippen molar-refractivity contribution in [3.63, 3.8) is 0 Å². The third kappa shape index (κ3) is 2.21. The molecule has 2 nitrogen and oxygen atoms in total. The van der Waals surface area contributed by atoms with Gasteiger partial charge in [0.05, 0.1) is 11.8 Å². The summed E-state index contributed by atoms with van der Waals surface area (Å²) in [5.74, 6) is 0.613. The van der Waals surface area contributed by atoms with Gasteiger partial charge in [0, 0.05) is 10.8 Å². The van der Waals surface area contributed by atoms with Crippen LogP contribution in [0.2, 0.25) is 0 Å². The van der Waals surface area contributed by atoms with Crippen molar-refractivity contribution in [2.24, 2.45) is 5.92 Å². The lowest BCUT2D eigenvalue weighted by Gasteiger charge is -2.26. The van der Waals surface area contributed by atoms with E-state index in [1.165, 1.54) is 32.4 Å². The van der Waals surface area contributed by atoms with Crippen LogP contribution in [0.25, 0.3) is 28.0 Å². The number of rotatable bonds is 2. The molecule has 1 N–H and O–H groups in total. The molecule has 3 heterocycles. The van der Waals surface area contributed by atoms with E-state index >= 15 is 0 Å². The van der Waals surface area contributed by atoms with Gasteiger partial charge in [0.1, 0.15) is 23.4 Å². The van der Waals surface area contributed by atoms with Crippen molar-refractivity contribution >= 4 is 28.0 Å². The van der Waals surface area contributed by atoms with Crippen LogP contribution in [0, 0.1) is 5.92 Å². The van der Waals surface area contributed by atoms with Crippen LogP contribution in [0.5, 0.6) is 0 Å². The van der Waals surface area contributed by atoms with Gasteiger partial charge in [-0.1, -0.05) is 44.2 Å². The molecule has 1 aromatic heterocycles. The molecule has 2 aliphatic heterocycles. The van der Waals surface area contributed by atoms with Crippen LogP contribution in [-0.4, -0.2) is 0 Å². The zero-order chi connectivity index (χ0) is 17.0. The molecule has 25 heavy (non-hydrogen) atoms. The summed E-state index contributed by atoms with van der Waals surface area (Å²) in [4.78, 5) is 1.34. The normalized spacial score (nSPS) is 21.2. The van der Waals surface area contributed by atoms with Crippen LogP contribution in [0.4, 0.5) is 0 Å². The summed E-state index contributed by atoms with van der Waals surface area (Å²) in [6.45, 7) is 4.52. The van der Waals surface area contributed by atoms with Crippen LogP contribution in [0.3, 0.4) is 0 Å². The summed E-state index contributed by atoms with van der Waals surface area (Å²) in [5, 5.41) is 2.47. The van der Waals surface area contributed by atoms with E-state index in [2.05, 4.69) is 80.9 Å². The zero-order valence-electron chi connectivity index (χ0n) is 14.6. The van der Waals surface area contributed by atoms with Gasteiger partial charge < -0.3 is 4.42 Å². The number of furan rings is 1. The summed E-state index contributed by atoms with van der Waals surface area (Å²) >= 11 is 0. The predicted octanol–water partition coefficient (Wildman–Crippen LogP) is 4.78. The minimum atomic E-state index is 0.294. The number of fused-ring (bicyclic) bond motifs is 7. The first-order valence-corrected chi connectivity index (χ1v) is 9.09.